The van der Waals surface area contributed by atoms with Gasteiger partial charge < -0.3 is 9.15 Å². The first-order chi connectivity index (χ1) is 14.8. The second-order valence-electron chi connectivity index (χ2n) is 7.84. The summed E-state index contributed by atoms with van der Waals surface area (Å²) >= 11 is 1.28. The van der Waals surface area contributed by atoms with Crippen LogP contribution in [0.2, 0.25) is 0 Å². The van der Waals surface area contributed by atoms with E-state index >= 15 is 0 Å². The van der Waals surface area contributed by atoms with Gasteiger partial charge in [0.15, 0.2) is 4.80 Å². The molecule has 0 N–H and O–H groups in total. The lowest BCUT2D eigenvalue weighted by Crippen LogP contribution is -2.39. The first kappa shape index (κ1) is 21.1. The number of methoxy groups -OCH3 is 1. The standard InChI is InChI=1S/C24H24N2O4S/c1-13(2)16-7-9-17(10-8-16)21-20(23(28)29-5)15(4)25-24-26(21)22(27)19(31-24)12-18-11-6-14(3)30-18/h6-13,21H,1-5H3/b19-12+. The highest BCUT2D eigenvalue weighted by Crippen LogP contribution is 2.31. The van der Waals surface area contributed by atoms with Gasteiger partial charge in [-0.15, -0.1) is 0 Å². The van der Waals surface area contributed by atoms with E-state index < -0.39 is 12.0 Å². The fourth-order valence-electron chi connectivity index (χ4n) is 3.73. The minimum Gasteiger partial charge on any atom is -0.466 e. The van der Waals surface area contributed by atoms with E-state index in [0.717, 1.165) is 11.3 Å². The molecule has 160 valence electrons. The van der Waals surface area contributed by atoms with Crippen molar-refractivity contribution < 1.29 is 13.9 Å². The monoisotopic (exact) mass is 436 g/mol. The molecule has 3 heterocycles. The Morgan fingerprint density at radius 1 is 1.19 bits per heavy atom. The van der Waals surface area contributed by atoms with Crippen molar-refractivity contribution in [1.29, 1.82) is 0 Å². The molecular weight excluding hydrogens is 412 g/mol. The third-order valence-corrected chi connectivity index (χ3v) is 6.36. The third-order valence-electron chi connectivity index (χ3n) is 5.38. The first-order valence-corrected chi connectivity index (χ1v) is 10.9. The van der Waals surface area contributed by atoms with E-state index in [0.29, 0.717) is 32.3 Å². The van der Waals surface area contributed by atoms with Gasteiger partial charge in [0.1, 0.15) is 11.5 Å². The molecule has 0 bridgehead atoms. The van der Waals surface area contributed by atoms with Gasteiger partial charge in [-0.1, -0.05) is 49.4 Å². The van der Waals surface area contributed by atoms with Gasteiger partial charge in [-0.25, -0.2) is 9.79 Å². The molecule has 31 heavy (non-hydrogen) atoms. The van der Waals surface area contributed by atoms with Crippen LogP contribution in [0.15, 0.2) is 61.9 Å². The molecule has 1 atom stereocenters. The number of furan rings is 1. The Kier molecular flexibility index (Phi) is 5.54. The average molecular weight is 437 g/mol. The van der Waals surface area contributed by atoms with E-state index in [1.165, 1.54) is 24.0 Å². The van der Waals surface area contributed by atoms with E-state index in [1.807, 2.05) is 43.3 Å². The number of hydrogen-bond donors (Lipinski definition) is 0. The maximum atomic E-state index is 13.4. The number of rotatable bonds is 4. The van der Waals surface area contributed by atoms with E-state index in [9.17, 15) is 9.59 Å². The number of aromatic nitrogens is 1. The molecule has 1 aliphatic rings. The molecule has 1 aromatic carbocycles. The van der Waals surface area contributed by atoms with Crippen LogP contribution in [-0.2, 0) is 9.53 Å². The highest BCUT2D eigenvalue weighted by atomic mass is 32.1. The molecule has 0 saturated carbocycles. The van der Waals surface area contributed by atoms with Crippen molar-refractivity contribution in [1.82, 2.24) is 4.57 Å². The molecule has 7 heteroatoms. The van der Waals surface area contributed by atoms with Crippen LogP contribution in [0, 0.1) is 6.92 Å². The van der Waals surface area contributed by atoms with Crippen LogP contribution >= 0.6 is 11.3 Å². The zero-order chi connectivity index (χ0) is 22.3. The lowest BCUT2D eigenvalue weighted by molar-refractivity contribution is -0.136. The SMILES string of the molecule is COC(=O)C1=C(C)N=c2s/c(=C/c3ccc(C)o3)c(=O)n2C1c1ccc(C(C)C)cc1. The number of carbonyl (C=O) groups is 1. The summed E-state index contributed by atoms with van der Waals surface area (Å²) < 4.78 is 12.7. The van der Waals surface area contributed by atoms with Crippen LogP contribution < -0.4 is 14.9 Å². The number of benzene rings is 1. The van der Waals surface area contributed by atoms with Gasteiger partial charge >= 0.3 is 5.97 Å². The molecule has 0 amide bonds. The van der Waals surface area contributed by atoms with Crippen LogP contribution in [0.4, 0.5) is 0 Å². The molecule has 0 spiro atoms. The maximum Gasteiger partial charge on any atom is 0.338 e. The van der Waals surface area contributed by atoms with Gasteiger partial charge in [-0.2, -0.15) is 0 Å². The van der Waals surface area contributed by atoms with Gasteiger partial charge in [0, 0.05) is 6.08 Å². The molecular formula is C24H24N2O4S. The van der Waals surface area contributed by atoms with Gasteiger partial charge in [0.25, 0.3) is 5.56 Å². The Hall–Kier alpha value is -3.19. The normalized spacial score (nSPS) is 16.5. The van der Waals surface area contributed by atoms with Gasteiger partial charge in [0.2, 0.25) is 0 Å². The van der Waals surface area contributed by atoms with Crippen LogP contribution in [-0.4, -0.2) is 17.6 Å². The predicted molar refractivity (Wildman–Crippen MR) is 120 cm³/mol. The highest BCUT2D eigenvalue weighted by molar-refractivity contribution is 7.07. The summed E-state index contributed by atoms with van der Waals surface area (Å²) in [6, 6.07) is 11.1. The van der Waals surface area contributed by atoms with Crippen LogP contribution in [0.3, 0.4) is 0 Å². The van der Waals surface area contributed by atoms with E-state index in [1.54, 1.807) is 17.6 Å². The van der Waals surface area contributed by atoms with Gasteiger partial charge in [-0.05, 0) is 43.0 Å². The zero-order valence-electron chi connectivity index (χ0n) is 18.1. The molecule has 0 fully saturated rings. The average Bonchev–Trinajstić information content (AvgIpc) is 3.29. The summed E-state index contributed by atoms with van der Waals surface area (Å²) in [5, 5.41) is 0. The number of allylic oxidation sites excluding steroid dienone is 1. The van der Waals surface area contributed by atoms with E-state index in [4.69, 9.17) is 9.15 Å². The van der Waals surface area contributed by atoms with Crippen molar-refractivity contribution in [3.05, 3.63) is 90.0 Å². The summed E-state index contributed by atoms with van der Waals surface area (Å²) in [5.41, 5.74) is 2.72. The number of fused-ring (bicyclic) bond motifs is 1. The summed E-state index contributed by atoms with van der Waals surface area (Å²) in [6.45, 7) is 7.87. The van der Waals surface area contributed by atoms with E-state index in [2.05, 4.69) is 18.8 Å². The van der Waals surface area contributed by atoms with Crippen LogP contribution in [0.1, 0.15) is 55.4 Å². The van der Waals surface area contributed by atoms with Crippen LogP contribution in [0.5, 0.6) is 0 Å². The van der Waals surface area contributed by atoms with E-state index in [-0.39, 0.29) is 5.56 Å². The molecule has 4 rings (SSSR count). The maximum absolute atomic E-state index is 13.4. The van der Waals surface area contributed by atoms with Crippen molar-refractivity contribution in [2.24, 2.45) is 4.99 Å². The quantitative estimate of drug-likeness (QED) is 0.588. The predicted octanol–water partition coefficient (Wildman–Crippen LogP) is 3.43. The fraction of sp³-hybridized carbons (Fsp3) is 0.292. The lowest BCUT2D eigenvalue weighted by Gasteiger charge is -2.24. The molecule has 0 radical (unpaired) electrons. The first-order valence-electron chi connectivity index (χ1n) is 10.1. The Morgan fingerprint density at radius 3 is 2.48 bits per heavy atom. The summed E-state index contributed by atoms with van der Waals surface area (Å²) in [4.78, 5) is 31.2. The Labute approximate surface area is 183 Å². The second-order valence-corrected chi connectivity index (χ2v) is 8.85. The number of thiazole rings is 1. The molecule has 0 saturated heterocycles. The summed E-state index contributed by atoms with van der Waals surface area (Å²) in [6.07, 6.45) is 1.72. The van der Waals surface area contributed by atoms with Gasteiger partial charge in [0.05, 0.1) is 29.0 Å². The fourth-order valence-corrected chi connectivity index (χ4v) is 4.76. The number of hydrogen-bond acceptors (Lipinski definition) is 6. The number of esters is 1. The number of aryl methyl sites for hydroxylation is 1. The minimum atomic E-state index is -0.606. The van der Waals surface area contributed by atoms with Crippen molar-refractivity contribution in [2.45, 2.75) is 39.7 Å². The Morgan fingerprint density at radius 2 is 1.90 bits per heavy atom. The molecule has 1 unspecified atom stereocenters. The number of carbonyl (C=O) groups excluding carboxylic acids is 1. The molecule has 1 aliphatic heterocycles. The number of ether oxygens (including phenoxy) is 1. The number of nitrogens with zero attached hydrogens (tertiary/aromatic N) is 2. The summed E-state index contributed by atoms with van der Waals surface area (Å²) in [7, 11) is 1.34. The molecule has 3 aromatic rings. The van der Waals surface area contributed by atoms with Crippen molar-refractivity contribution >= 4 is 23.4 Å². The molecule has 6 nitrogen and oxygen atoms in total. The molecule has 0 aliphatic carbocycles. The van der Waals surface area contributed by atoms with Crippen molar-refractivity contribution in [2.75, 3.05) is 7.11 Å². The third kappa shape index (κ3) is 3.81. The van der Waals surface area contributed by atoms with Crippen LogP contribution in [0.25, 0.3) is 6.08 Å². The summed E-state index contributed by atoms with van der Waals surface area (Å²) in [5.74, 6) is 1.26. The smallest absolute Gasteiger partial charge is 0.338 e. The topological polar surface area (TPSA) is 73.8 Å². The Balaban J connectivity index is 1.95. The lowest BCUT2D eigenvalue weighted by atomic mass is 9.93. The molecule has 2 aromatic heterocycles. The van der Waals surface area contributed by atoms with Gasteiger partial charge in [-0.3, -0.25) is 9.36 Å². The minimum absolute atomic E-state index is 0.218. The Bertz CT molecular complexity index is 1350. The largest absolute Gasteiger partial charge is 0.466 e. The zero-order valence-corrected chi connectivity index (χ0v) is 18.9. The highest BCUT2D eigenvalue weighted by Gasteiger charge is 2.33. The second kappa shape index (κ2) is 8.15. The van der Waals surface area contributed by atoms with Crippen molar-refractivity contribution in [3.8, 4) is 0 Å². The van der Waals surface area contributed by atoms with Crippen molar-refractivity contribution in [3.63, 3.8) is 0 Å².